The predicted octanol–water partition coefficient (Wildman–Crippen LogP) is 4.49. The van der Waals surface area contributed by atoms with Gasteiger partial charge in [-0.15, -0.1) is 0 Å². The van der Waals surface area contributed by atoms with Crippen LogP contribution < -0.4 is 5.32 Å². The molecule has 5 rings (SSSR count). The van der Waals surface area contributed by atoms with Crippen molar-refractivity contribution in [1.82, 2.24) is 5.32 Å². The molecule has 108 valence electrons. The molecule has 0 saturated carbocycles. The number of hydrogen-bond donors (Lipinski definition) is 1. The Morgan fingerprint density at radius 1 is 0.727 bits per heavy atom. The van der Waals surface area contributed by atoms with Gasteiger partial charge in [0.1, 0.15) is 0 Å². The Hall–Kier alpha value is -2.12. The van der Waals surface area contributed by atoms with Crippen LogP contribution >= 0.6 is 0 Å². The molecular weight excluding hydrogens is 266 g/mol. The molecule has 22 heavy (non-hydrogen) atoms. The molecule has 1 fully saturated rings. The zero-order valence-corrected chi connectivity index (χ0v) is 12.6. The molecule has 0 atom stereocenters. The van der Waals surface area contributed by atoms with E-state index < -0.39 is 0 Å². The lowest BCUT2D eigenvalue weighted by Crippen LogP contribution is -2.39. The van der Waals surface area contributed by atoms with E-state index >= 15 is 0 Å². The topological polar surface area (TPSA) is 12.0 Å². The van der Waals surface area contributed by atoms with Gasteiger partial charge in [-0.1, -0.05) is 60.7 Å². The Morgan fingerprint density at radius 3 is 2.41 bits per heavy atom. The highest BCUT2D eigenvalue weighted by Gasteiger charge is 2.43. The summed E-state index contributed by atoms with van der Waals surface area (Å²) in [5.41, 5.74) is 6.25. The minimum absolute atomic E-state index is 0.223. The second kappa shape index (κ2) is 4.44. The minimum atomic E-state index is 0.223. The van der Waals surface area contributed by atoms with Crippen molar-refractivity contribution in [2.45, 2.75) is 18.3 Å². The van der Waals surface area contributed by atoms with Crippen LogP contribution in [-0.2, 0) is 5.41 Å². The lowest BCUT2D eigenvalue weighted by atomic mass is 9.71. The maximum atomic E-state index is 3.53. The van der Waals surface area contributed by atoms with Crippen molar-refractivity contribution in [3.63, 3.8) is 0 Å². The van der Waals surface area contributed by atoms with E-state index in [2.05, 4.69) is 66.0 Å². The first-order valence-electron chi connectivity index (χ1n) is 8.23. The number of hydrogen-bond acceptors (Lipinski definition) is 1. The zero-order chi connectivity index (χ0) is 14.6. The van der Waals surface area contributed by atoms with Crippen LogP contribution in [0.2, 0.25) is 0 Å². The molecule has 0 unspecified atom stereocenters. The zero-order valence-electron chi connectivity index (χ0n) is 12.6. The summed E-state index contributed by atoms with van der Waals surface area (Å²) in [6.07, 6.45) is 2.41. The summed E-state index contributed by atoms with van der Waals surface area (Å²) in [7, 11) is 0. The predicted molar refractivity (Wildman–Crippen MR) is 92.3 cm³/mol. The minimum Gasteiger partial charge on any atom is -0.317 e. The SMILES string of the molecule is c1ccc2c(c1)-c1c(ccc3ccccc13)C21CCNCC1. The van der Waals surface area contributed by atoms with Crippen LogP contribution in [0.15, 0.2) is 60.7 Å². The van der Waals surface area contributed by atoms with Crippen LogP contribution in [-0.4, -0.2) is 13.1 Å². The Morgan fingerprint density at radius 2 is 1.50 bits per heavy atom. The van der Waals surface area contributed by atoms with Gasteiger partial charge >= 0.3 is 0 Å². The molecule has 1 heterocycles. The summed E-state index contributed by atoms with van der Waals surface area (Å²) in [4.78, 5) is 0. The molecule has 0 amide bonds. The van der Waals surface area contributed by atoms with Crippen molar-refractivity contribution in [3.05, 3.63) is 71.8 Å². The second-order valence-corrected chi connectivity index (χ2v) is 6.59. The van der Waals surface area contributed by atoms with Gasteiger partial charge < -0.3 is 5.32 Å². The largest absolute Gasteiger partial charge is 0.317 e. The van der Waals surface area contributed by atoms with Gasteiger partial charge in [-0.2, -0.15) is 0 Å². The van der Waals surface area contributed by atoms with Gasteiger partial charge in [0.25, 0.3) is 0 Å². The molecule has 0 bridgehead atoms. The lowest BCUT2D eigenvalue weighted by Gasteiger charge is -2.36. The summed E-state index contributed by atoms with van der Waals surface area (Å²) in [6, 6.07) is 22.6. The van der Waals surface area contributed by atoms with Gasteiger partial charge in [0.05, 0.1) is 0 Å². The number of piperidine rings is 1. The standard InChI is InChI=1S/C21H19N/c1-2-6-16-15(5-1)9-10-19-20(16)17-7-3-4-8-18(17)21(19)11-13-22-14-12-21/h1-10,22H,11-14H2. The van der Waals surface area contributed by atoms with Gasteiger partial charge in [-0.3, -0.25) is 0 Å². The first-order chi connectivity index (χ1) is 10.9. The average Bonchev–Trinajstić information content (AvgIpc) is 2.87. The van der Waals surface area contributed by atoms with Gasteiger partial charge in [0, 0.05) is 5.41 Å². The summed E-state index contributed by atoms with van der Waals surface area (Å²) in [6.45, 7) is 2.22. The molecule has 0 aromatic heterocycles. The molecule has 0 radical (unpaired) electrons. The summed E-state index contributed by atoms with van der Waals surface area (Å²) < 4.78 is 0. The molecule has 1 spiro atoms. The van der Waals surface area contributed by atoms with Crippen molar-refractivity contribution in [2.75, 3.05) is 13.1 Å². The normalized spacial score (nSPS) is 18.4. The van der Waals surface area contributed by atoms with Crippen LogP contribution in [0.25, 0.3) is 21.9 Å². The highest BCUT2D eigenvalue weighted by molar-refractivity contribution is 6.02. The van der Waals surface area contributed by atoms with Crippen molar-refractivity contribution >= 4 is 10.8 Å². The lowest BCUT2D eigenvalue weighted by molar-refractivity contribution is 0.369. The average molecular weight is 285 g/mol. The van der Waals surface area contributed by atoms with E-state index in [1.54, 1.807) is 11.1 Å². The maximum absolute atomic E-state index is 3.53. The van der Waals surface area contributed by atoms with E-state index in [0.29, 0.717) is 0 Å². The molecule has 1 aliphatic carbocycles. The van der Waals surface area contributed by atoms with E-state index in [4.69, 9.17) is 0 Å². The fourth-order valence-corrected chi connectivity index (χ4v) is 4.62. The molecule has 1 heteroatoms. The summed E-state index contributed by atoms with van der Waals surface area (Å²) >= 11 is 0. The Balaban J connectivity index is 1.92. The summed E-state index contributed by atoms with van der Waals surface area (Å²) in [5.74, 6) is 0. The van der Waals surface area contributed by atoms with Crippen LogP contribution in [0.5, 0.6) is 0 Å². The van der Waals surface area contributed by atoms with Crippen molar-refractivity contribution in [2.24, 2.45) is 0 Å². The Bertz CT molecular complexity index is 872. The van der Waals surface area contributed by atoms with Crippen LogP contribution in [0.1, 0.15) is 24.0 Å². The van der Waals surface area contributed by atoms with Crippen LogP contribution in [0, 0.1) is 0 Å². The van der Waals surface area contributed by atoms with Crippen LogP contribution in [0.4, 0.5) is 0 Å². The highest BCUT2D eigenvalue weighted by atomic mass is 14.9. The fourth-order valence-electron chi connectivity index (χ4n) is 4.62. The Kier molecular flexibility index (Phi) is 2.51. The van der Waals surface area contributed by atoms with Gasteiger partial charge in [0.15, 0.2) is 0 Å². The molecule has 2 aliphatic rings. The van der Waals surface area contributed by atoms with Crippen molar-refractivity contribution < 1.29 is 0 Å². The van der Waals surface area contributed by atoms with Crippen molar-refractivity contribution in [1.29, 1.82) is 0 Å². The van der Waals surface area contributed by atoms with E-state index in [9.17, 15) is 0 Å². The quantitative estimate of drug-likeness (QED) is 0.641. The molecular formula is C21H19N. The second-order valence-electron chi connectivity index (χ2n) is 6.59. The molecule has 1 saturated heterocycles. The van der Waals surface area contributed by atoms with E-state index in [1.807, 2.05) is 0 Å². The molecule has 1 aliphatic heterocycles. The van der Waals surface area contributed by atoms with E-state index in [0.717, 1.165) is 13.1 Å². The molecule has 3 aromatic rings. The van der Waals surface area contributed by atoms with E-state index in [1.165, 1.54) is 34.7 Å². The fraction of sp³-hybridized carbons (Fsp3) is 0.238. The summed E-state index contributed by atoms with van der Waals surface area (Å²) in [5, 5.41) is 6.29. The van der Waals surface area contributed by atoms with Crippen molar-refractivity contribution in [3.8, 4) is 11.1 Å². The number of benzene rings is 3. The number of rotatable bonds is 0. The molecule has 1 nitrogen and oxygen atoms in total. The van der Waals surface area contributed by atoms with Gasteiger partial charge in [-0.25, -0.2) is 0 Å². The highest BCUT2D eigenvalue weighted by Crippen LogP contribution is 2.55. The van der Waals surface area contributed by atoms with Gasteiger partial charge in [0.2, 0.25) is 0 Å². The molecule has 3 aromatic carbocycles. The third-order valence-electron chi connectivity index (χ3n) is 5.61. The van der Waals surface area contributed by atoms with E-state index in [-0.39, 0.29) is 5.41 Å². The van der Waals surface area contributed by atoms with Gasteiger partial charge in [-0.05, 0) is 59.0 Å². The third-order valence-corrected chi connectivity index (χ3v) is 5.61. The first kappa shape index (κ1) is 12.4. The monoisotopic (exact) mass is 285 g/mol. The third kappa shape index (κ3) is 1.47. The molecule has 1 N–H and O–H groups in total. The smallest absolute Gasteiger partial charge is 0.0239 e. The number of fused-ring (bicyclic) bond motifs is 7. The van der Waals surface area contributed by atoms with Crippen LogP contribution in [0.3, 0.4) is 0 Å². The first-order valence-corrected chi connectivity index (χ1v) is 8.23. The number of nitrogens with one attached hydrogen (secondary N) is 1. The maximum Gasteiger partial charge on any atom is 0.0239 e. The Labute approximate surface area is 131 Å².